The van der Waals surface area contributed by atoms with Crippen LogP contribution >= 0.6 is 0 Å². The molecule has 3 nitrogen and oxygen atoms in total. The van der Waals surface area contributed by atoms with Gasteiger partial charge in [0.1, 0.15) is 8.07 Å². The molecule has 1 amide bonds. The van der Waals surface area contributed by atoms with Crippen molar-refractivity contribution < 1.29 is 9.63 Å². The van der Waals surface area contributed by atoms with Crippen LogP contribution in [-0.4, -0.2) is 33.2 Å². The maximum atomic E-state index is 12.1. The molecule has 0 atom stereocenters. The van der Waals surface area contributed by atoms with Gasteiger partial charge in [-0.1, -0.05) is 37.7 Å². The minimum absolute atomic E-state index is 0.182. The fourth-order valence-corrected chi connectivity index (χ4v) is 1.80. The Morgan fingerprint density at radius 2 is 1.89 bits per heavy atom. The summed E-state index contributed by atoms with van der Waals surface area (Å²) < 4.78 is 0. The Labute approximate surface area is 110 Å². The Morgan fingerprint density at radius 3 is 2.44 bits per heavy atom. The van der Waals surface area contributed by atoms with E-state index in [1.807, 2.05) is 18.2 Å². The minimum atomic E-state index is -1.45. The Hall–Kier alpha value is -1.57. The molecule has 0 aliphatic rings. The summed E-state index contributed by atoms with van der Waals surface area (Å²) in [5.41, 5.74) is 4.60. The molecule has 0 N–H and O–H groups in total. The van der Waals surface area contributed by atoms with Crippen molar-refractivity contribution in [1.82, 2.24) is 5.06 Å². The summed E-state index contributed by atoms with van der Waals surface area (Å²) in [6.45, 7) is 6.52. The molecule has 0 fully saturated rings. The molecule has 0 saturated carbocycles. The van der Waals surface area contributed by atoms with E-state index in [1.54, 1.807) is 13.1 Å². The molecule has 1 aromatic carbocycles. The molecule has 0 heterocycles. The summed E-state index contributed by atoms with van der Waals surface area (Å²) in [5.74, 6) is 2.94. The van der Waals surface area contributed by atoms with Gasteiger partial charge in [0.25, 0.3) is 5.91 Å². The quantitative estimate of drug-likeness (QED) is 0.465. The van der Waals surface area contributed by atoms with E-state index >= 15 is 0 Å². The standard InChI is InChI=1S/C14H19NO2Si/c1-15(17-2)14(16)13-9-7-6-8-12(13)10-11-18(3,4)5/h6-9H,1-5H3. The van der Waals surface area contributed by atoms with Gasteiger partial charge in [-0.2, -0.15) is 0 Å². The third-order valence-corrected chi connectivity index (χ3v) is 3.16. The van der Waals surface area contributed by atoms with E-state index in [0.29, 0.717) is 5.56 Å². The Kier molecular flexibility index (Phi) is 4.71. The van der Waals surface area contributed by atoms with Crippen LogP contribution in [0.4, 0.5) is 0 Å². The molecule has 0 spiro atoms. The molecule has 0 bridgehead atoms. The van der Waals surface area contributed by atoms with E-state index in [-0.39, 0.29) is 5.91 Å². The number of carbonyl (C=O) groups excluding carboxylic acids is 1. The van der Waals surface area contributed by atoms with Gasteiger partial charge in [0.2, 0.25) is 0 Å². The molecule has 0 aromatic heterocycles. The van der Waals surface area contributed by atoms with Gasteiger partial charge >= 0.3 is 0 Å². The van der Waals surface area contributed by atoms with Crippen molar-refractivity contribution in [2.75, 3.05) is 14.2 Å². The van der Waals surface area contributed by atoms with Crippen molar-refractivity contribution in [3.63, 3.8) is 0 Å². The summed E-state index contributed by atoms with van der Waals surface area (Å²) in [6.07, 6.45) is 0. The van der Waals surface area contributed by atoms with Gasteiger partial charge in [0.15, 0.2) is 0 Å². The van der Waals surface area contributed by atoms with Crippen LogP contribution in [0, 0.1) is 11.5 Å². The number of hydroxylamine groups is 2. The average molecular weight is 261 g/mol. The van der Waals surface area contributed by atoms with Crippen molar-refractivity contribution in [2.24, 2.45) is 0 Å². The number of carbonyl (C=O) groups is 1. The van der Waals surface area contributed by atoms with Crippen LogP contribution in [-0.2, 0) is 4.84 Å². The van der Waals surface area contributed by atoms with Gasteiger partial charge in [-0.05, 0) is 12.1 Å². The van der Waals surface area contributed by atoms with E-state index in [0.717, 1.165) is 5.56 Å². The van der Waals surface area contributed by atoms with Crippen LogP contribution < -0.4 is 0 Å². The number of nitrogens with zero attached hydrogens (tertiary/aromatic N) is 1. The molecular weight excluding hydrogens is 242 g/mol. The monoisotopic (exact) mass is 261 g/mol. The van der Waals surface area contributed by atoms with Gasteiger partial charge in [-0.25, -0.2) is 5.06 Å². The van der Waals surface area contributed by atoms with Gasteiger partial charge in [-0.15, -0.1) is 5.54 Å². The summed E-state index contributed by atoms with van der Waals surface area (Å²) in [7, 11) is 1.60. The zero-order valence-corrected chi connectivity index (χ0v) is 12.6. The lowest BCUT2D eigenvalue weighted by Gasteiger charge is -2.14. The lowest BCUT2D eigenvalue weighted by molar-refractivity contribution is -0.0757. The molecule has 18 heavy (non-hydrogen) atoms. The molecular formula is C14H19NO2Si. The normalized spacial score (nSPS) is 10.5. The summed E-state index contributed by atoms with van der Waals surface area (Å²) >= 11 is 0. The highest BCUT2D eigenvalue weighted by Gasteiger charge is 2.15. The smallest absolute Gasteiger partial charge is 0.274 e. The summed E-state index contributed by atoms with van der Waals surface area (Å²) in [6, 6.07) is 7.35. The van der Waals surface area contributed by atoms with Crippen LogP contribution in [0.2, 0.25) is 19.6 Å². The number of amides is 1. The third kappa shape index (κ3) is 4.02. The van der Waals surface area contributed by atoms with Crippen molar-refractivity contribution in [3.05, 3.63) is 35.4 Å². The molecule has 4 heteroatoms. The molecule has 0 unspecified atom stereocenters. The highest BCUT2D eigenvalue weighted by Crippen LogP contribution is 2.11. The van der Waals surface area contributed by atoms with Crippen LogP contribution in [0.1, 0.15) is 15.9 Å². The number of rotatable bonds is 2. The molecule has 0 saturated heterocycles. The van der Waals surface area contributed by atoms with Gasteiger partial charge < -0.3 is 0 Å². The lowest BCUT2D eigenvalue weighted by atomic mass is 10.1. The largest absolute Gasteiger partial charge is 0.278 e. The van der Waals surface area contributed by atoms with Crippen molar-refractivity contribution >= 4 is 14.0 Å². The van der Waals surface area contributed by atoms with E-state index in [2.05, 4.69) is 31.1 Å². The third-order valence-electron chi connectivity index (χ3n) is 2.29. The SMILES string of the molecule is CON(C)C(=O)c1ccccc1C#C[Si](C)(C)C. The van der Waals surface area contributed by atoms with Crippen molar-refractivity contribution in [2.45, 2.75) is 19.6 Å². The zero-order chi connectivity index (χ0) is 13.8. The fraction of sp³-hybridized carbons (Fsp3) is 0.357. The Bertz CT molecular complexity index is 494. The van der Waals surface area contributed by atoms with Gasteiger partial charge in [0.05, 0.1) is 12.7 Å². The average Bonchev–Trinajstić information content (AvgIpc) is 2.34. The molecule has 0 aliphatic carbocycles. The first-order valence-corrected chi connectivity index (χ1v) is 9.29. The maximum Gasteiger partial charge on any atom is 0.278 e. The summed E-state index contributed by atoms with van der Waals surface area (Å²) in [5, 5.41) is 1.20. The van der Waals surface area contributed by atoms with E-state index in [9.17, 15) is 4.79 Å². The number of benzene rings is 1. The van der Waals surface area contributed by atoms with Crippen LogP contribution in [0.25, 0.3) is 0 Å². The lowest BCUT2D eigenvalue weighted by Crippen LogP contribution is -2.26. The van der Waals surface area contributed by atoms with E-state index in [1.165, 1.54) is 12.2 Å². The van der Waals surface area contributed by atoms with Crippen molar-refractivity contribution in [1.29, 1.82) is 0 Å². The predicted molar refractivity (Wildman–Crippen MR) is 75.8 cm³/mol. The van der Waals surface area contributed by atoms with Crippen LogP contribution in [0.3, 0.4) is 0 Å². The Balaban J connectivity index is 3.14. The molecule has 0 radical (unpaired) electrons. The molecule has 96 valence electrons. The molecule has 1 aromatic rings. The molecule has 0 aliphatic heterocycles. The van der Waals surface area contributed by atoms with Crippen molar-refractivity contribution in [3.8, 4) is 11.5 Å². The predicted octanol–water partition coefficient (Wildman–Crippen LogP) is 2.55. The maximum absolute atomic E-state index is 12.1. The fourth-order valence-electron chi connectivity index (χ4n) is 1.29. The first kappa shape index (κ1) is 14.5. The van der Waals surface area contributed by atoms with Gasteiger partial charge in [0, 0.05) is 12.6 Å². The van der Waals surface area contributed by atoms with E-state index < -0.39 is 8.07 Å². The highest BCUT2D eigenvalue weighted by atomic mass is 28.3. The Morgan fingerprint density at radius 1 is 1.28 bits per heavy atom. The first-order chi connectivity index (χ1) is 8.35. The second-order valence-corrected chi connectivity index (χ2v) is 9.78. The summed E-state index contributed by atoms with van der Waals surface area (Å²) in [4.78, 5) is 17.0. The topological polar surface area (TPSA) is 29.5 Å². The van der Waals surface area contributed by atoms with Crippen LogP contribution in [0.5, 0.6) is 0 Å². The number of hydrogen-bond donors (Lipinski definition) is 0. The second-order valence-electron chi connectivity index (χ2n) is 5.03. The highest BCUT2D eigenvalue weighted by molar-refractivity contribution is 6.83. The van der Waals surface area contributed by atoms with Gasteiger partial charge in [-0.3, -0.25) is 9.63 Å². The second kappa shape index (κ2) is 5.85. The minimum Gasteiger partial charge on any atom is -0.274 e. The number of hydrogen-bond acceptors (Lipinski definition) is 2. The van der Waals surface area contributed by atoms with Crippen LogP contribution in [0.15, 0.2) is 24.3 Å². The zero-order valence-electron chi connectivity index (χ0n) is 11.6. The molecule has 1 rings (SSSR count). The van der Waals surface area contributed by atoms with E-state index in [4.69, 9.17) is 4.84 Å². The first-order valence-electron chi connectivity index (χ1n) is 5.79.